The van der Waals surface area contributed by atoms with Gasteiger partial charge in [0, 0.05) is 10.8 Å². The van der Waals surface area contributed by atoms with Gasteiger partial charge in [-0.2, -0.15) is 0 Å². The molecule has 0 saturated heterocycles. The van der Waals surface area contributed by atoms with Crippen LogP contribution in [0.1, 0.15) is 17.6 Å². The van der Waals surface area contributed by atoms with Gasteiger partial charge in [-0.05, 0) is 19.9 Å². The van der Waals surface area contributed by atoms with Crippen LogP contribution in [-0.2, 0) is 27.3 Å². The molecule has 3 rings (SSSR count). The highest BCUT2D eigenvalue weighted by Crippen LogP contribution is 2.38. The molecule has 0 spiro atoms. The zero-order valence-electron chi connectivity index (χ0n) is 14.9. The molecule has 27 heavy (non-hydrogen) atoms. The average Bonchev–Trinajstić information content (AvgIpc) is 3.15. The van der Waals surface area contributed by atoms with E-state index in [0.29, 0.717) is 16.6 Å². The molecule has 8 nitrogen and oxygen atoms in total. The normalized spacial score (nSPS) is 11.3. The maximum Gasteiger partial charge on any atom is 0.326 e. The Hall–Kier alpha value is -3.07. The van der Waals surface area contributed by atoms with E-state index in [9.17, 15) is 14.7 Å². The zero-order chi connectivity index (χ0) is 19.4. The molecule has 0 aliphatic rings. The third kappa shape index (κ3) is 4.20. The summed E-state index contributed by atoms with van der Waals surface area (Å²) < 4.78 is 6.33. The first kappa shape index (κ1) is 18.7. The highest BCUT2D eigenvalue weighted by atomic mass is 32.1. The molecule has 3 aromatic rings. The SMILES string of the molecule is CCOC(=O)Cn1c(O)c(N=NC(=O)Cc2csc(C)n2)c2ccccc21. The summed E-state index contributed by atoms with van der Waals surface area (Å²) in [5.74, 6) is -1.20. The molecule has 0 saturated carbocycles. The fraction of sp³-hybridized carbons (Fsp3) is 0.278. The van der Waals surface area contributed by atoms with E-state index in [4.69, 9.17) is 4.74 Å². The first-order chi connectivity index (χ1) is 13.0. The van der Waals surface area contributed by atoms with Crippen molar-refractivity contribution < 1.29 is 19.4 Å². The van der Waals surface area contributed by atoms with Crippen molar-refractivity contribution in [3.05, 3.63) is 40.3 Å². The number of ether oxygens (including phenoxy) is 1. The minimum absolute atomic E-state index is 0.0378. The number of esters is 1. The van der Waals surface area contributed by atoms with Crippen LogP contribution in [0.5, 0.6) is 5.88 Å². The van der Waals surface area contributed by atoms with Crippen molar-refractivity contribution in [3.63, 3.8) is 0 Å². The molecule has 0 aliphatic carbocycles. The number of benzene rings is 1. The van der Waals surface area contributed by atoms with Crippen molar-refractivity contribution in [1.29, 1.82) is 0 Å². The molecule has 1 N–H and O–H groups in total. The number of nitrogens with zero attached hydrogens (tertiary/aromatic N) is 4. The lowest BCUT2D eigenvalue weighted by Crippen LogP contribution is -2.12. The number of thiazole rings is 1. The van der Waals surface area contributed by atoms with Gasteiger partial charge in [0.2, 0.25) is 5.88 Å². The topological polar surface area (TPSA) is 106 Å². The Morgan fingerprint density at radius 3 is 2.81 bits per heavy atom. The lowest BCUT2D eigenvalue weighted by molar-refractivity contribution is -0.143. The molecule has 140 valence electrons. The molecule has 9 heteroatoms. The smallest absolute Gasteiger partial charge is 0.326 e. The highest BCUT2D eigenvalue weighted by Gasteiger charge is 2.19. The fourth-order valence-electron chi connectivity index (χ4n) is 2.65. The van der Waals surface area contributed by atoms with E-state index in [2.05, 4.69) is 15.2 Å². The fourth-order valence-corrected chi connectivity index (χ4v) is 3.26. The van der Waals surface area contributed by atoms with Crippen molar-refractivity contribution in [3.8, 4) is 5.88 Å². The predicted molar refractivity (Wildman–Crippen MR) is 100 cm³/mol. The Labute approximate surface area is 159 Å². The number of carbonyl (C=O) groups excluding carboxylic acids is 2. The average molecular weight is 386 g/mol. The van der Waals surface area contributed by atoms with Gasteiger partial charge in [0.15, 0.2) is 5.69 Å². The largest absolute Gasteiger partial charge is 0.493 e. The zero-order valence-corrected chi connectivity index (χ0v) is 15.7. The summed E-state index contributed by atoms with van der Waals surface area (Å²) in [6.07, 6.45) is 0.0378. The molecule has 0 radical (unpaired) electrons. The molecule has 0 unspecified atom stereocenters. The van der Waals surface area contributed by atoms with Crippen molar-refractivity contribution in [2.45, 2.75) is 26.8 Å². The number of azo groups is 1. The summed E-state index contributed by atoms with van der Waals surface area (Å²) in [7, 11) is 0. The van der Waals surface area contributed by atoms with Crippen molar-refractivity contribution in [1.82, 2.24) is 9.55 Å². The maximum atomic E-state index is 12.1. The first-order valence-corrected chi connectivity index (χ1v) is 9.19. The summed E-state index contributed by atoms with van der Waals surface area (Å²) in [4.78, 5) is 28.1. The number of hydrogen-bond donors (Lipinski definition) is 1. The van der Waals surface area contributed by atoms with Crippen LogP contribution in [0.25, 0.3) is 10.9 Å². The Kier molecular flexibility index (Phi) is 5.60. The third-order valence-electron chi connectivity index (χ3n) is 3.77. The van der Waals surface area contributed by atoms with Crippen molar-refractivity contribution in [2.24, 2.45) is 10.2 Å². The number of hydrogen-bond acceptors (Lipinski definition) is 7. The quantitative estimate of drug-likeness (QED) is 0.515. The van der Waals surface area contributed by atoms with Crippen molar-refractivity contribution in [2.75, 3.05) is 6.61 Å². The second-order valence-electron chi connectivity index (χ2n) is 5.71. The number of rotatable bonds is 6. The number of aromatic nitrogens is 2. The number of aryl methyl sites for hydroxylation is 1. The van der Waals surface area contributed by atoms with E-state index in [1.165, 1.54) is 15.9 Å². The van der Waals surface area contributed by atoms with Gasteiger partial charge in [-0.1, -0.05) is 18.2 Å². The van der Waals surface area contributed by atoms with Crippen LogP contribution in [0.2, 0.25) is 0 Å². The lowest BCUT2D eigenvalue weighted by Gasteiger charge is -2.06. The molecule has 1 aromatic carbocycles. The summed E-state index contributed by atoms with van der Waals surface area (Å²) in [5.41, 5.74) is 1.37. The maximum absolute atomic E-state index is 12.1. The Morgan fingerprint density at radius 2 is 2.11 bits per heavy atom. The number of para-hydroxylation sites is 1. The molecular weight excluding hydrogens is 368 g/mol. The minimum Gasteiger partial charge on any atom is -0.493 e. The van der Waals surface area contributed by atoms with Crippen LogP contribution in [0.4, 0.5) is 5.69 Å². The van der Waals surface area contributed by atoms with Gasteiger partial charge in [-0.15, -0.1) is 21.6 Å². The van der Waals surface area contributed by atoms with Crippen LogP contribution >= 0.6 is 11.3 Å². The summed E-state index contributed by atoms with van der Waals surface area (Å²) in [6, 6.07) is 7.03. The molecule has 0 fully saturated rings. The highest BCUT2D eigenvalue weighted by molar-refractivity contribution is 7.09. The first-order valence-electron chi connectivity index (χ1n) is 8.31. The summed E-state index contributed by atoms with van der Waals surface area (Å²) in [5, 5.41) is 21.4. The Balaban J connectivity index is 1.88. The second kappa shape index (κ2) is 8.09. The Bertz CT molecular complexity index is 1020. The van der Waals surface area contributed by atoms with E-state index in [1.807, 2.05) is 6.92 Å². The van der Waals surface area contributed by atoms with Gasteiger partial charge in [0.05, 0.1) is 29.2 Å². The molecular formula is C18H18N4O4S. The van der Waals surface area contributed by atoms with Crippen molar-refractivity contribution >= 4 is 39.8 Å². The molecule has 0 bridgehead atoms. The molecule has 0 aliphatic heterocycles. The van der Waals surface area contributed by atoms with Crippen LogP contribution in [0.15, 0.2) is 39.9 Å². The van der Waals surface area contributed by atoms with E-state index >= 15 is 0 Å². The van der Waals surface area contributed by atoms with Gasteiger partial charge in [-0.3, -0.25) is 14.2 Å². The van der Waals surface area contributed by atoms with Crippen LogP contribution in [0, 0.1) is 6.92 Å². The van der Waals surface area contributed by atoms with Crippen LogP contribution in [-0.4, -0.2) is 33.1 Å². The number of amides is 1. The predicted octanol–water partition coefficient (Wildman–Crippen LogP) is 3.53. The van der Waals surface area contributed by atoms with Gasteiger partial charge in [0.1, 0.15) is 6.54 Å². The van der Waals surface area contributed by atoms with Gasteiger partial charge < -0.3 is 9.84 Å². The number of carbonyl (C=O) groups is 2. The van der Waals surface area contributed by atoms with Gasteiger partial charge in [0.25, 0.3) is 5.91 Å². The van der Waals surface area contributed by atoms with E-state index < -0.39 is 11.9 Å². The van der Waals surface area contributed by atoms with E-state index in [-0.39, 0.29) is 31.1 Å². The monoisotopic (exact) mass is 386 g/mol. The van der Waals surface area contributed by atoms with Crippen LogP contribution < -0.4 is 0 Å². The Morgan fingerprint density at radius 1 is 1.33 bits per heavy atom. The van der Waals surface area contributed by atoms with Crippen LogP contribution in [0.3, 0.4) is 0 Å². The molecule has 2 heterocycles. The third-order valence-corrected chi connectivity index (χ3v) is 4.59. The molecule has 0 atom stereocenters. The minimum atomic E-state index is -0.480. The van der Waals surface area contributed by atoms with E-state index in [1.54, 1.807) is 36.6 Å². The van der Waals surface area contributed by atoms with Gasteiger partial charge >= 0.3 is 5.97 Å². The van der Waals surface area contributed by atoms with E-state index in [0.717, 1.165) is 5.01 Å². The van der Waals surface area contributed by atoms with Gasteiger partial charge in [-0.25, -0.2) is 4.98 Å². The molecule has 2 aromatic heterocycles. The number of aromatic hydroxyl groups is 1. The second-order valence-corrected chi connectivity index (χ2v) is 6.77. The standard InChI is InChI=1S/C18H18N4O4S/c1-3-26-16(24)9-22-14-7-5-4-6-13(14)17(18(22)25)21-20-15(23)8-12-10-27-11(2)19-12/h4-7,10,25H,3,8-9H2,1-2H3. The lowest BCUT2D eigenvalue weighted by atomic mass is 10.2. The summed E-state index contributed by atoms with van der Waals surface area (Å²) in [6.45, 7) is 3.65. The number of fused-ring (bicyclic) bond motifs is 1. The summed E-state index contributed by atoms with van der Waals surface area (Å²) >= 11 is 1.46. The molecule has 1 amide bonds.